The van der Waals surface area contributed by atoms with Crippen molar-refractivity contribution < 1.29 is 9.90 Å². The Labute approximate surface area is 103 Å². The molecule has 0 fully saturated rings. The molecule has 5 nitrogen and oxygen atoms in total. The number of hydrogen-bond acceptors (Lipinski definition) is 4. The van der Waals surface area contributed by atoms with Crippen LogP contribution in [0.25, 0.3) is 0 Å². The van der Waals surface area contributed by atoms with E-state index < -0.39 is 5.97 Å². The minimum absolute atomic E-state index is 0.257. The Hall–Kier alpha value is -1.82. The number of imidazole rings is 1. The maximum absolute atomic E-state index is 10.8. The minimum Gasteiger partial charge on any atom is -0.478 e. The summed E-state index contributed by atoms with van der Waals surface area (Å²) < 4.78 is 1.92. The molecule has 0 spiro atoms. The molecule has 2 heterocycles. The standard InChI is InChI=1S/C11H11N3O2S/c1-14-7-12-5-9(14)6-17-10-4-8(11(15)16)2-3-13-10/h2-5,7H,6H2,1H3,(H,15,16). The number of pyridine rings is 1. The molecule has 0 amide bonds. The van der Waals surface area contributed by atoms with Gasteiger partial charge in [-0.15, -0.1) is 11.8 Å². The number of aromatic nitrogens is 3. The SMILES string of the molecule is Cn1cncc1CSc1cc(C(=O)O)ccn1. The Morgan fingerprint density at radius 2 is 2.41 bits per heavy atom. The van der Waals surface area contributed by atoms with Gasteiger partial charge in [-0.3, -0.25) is 0 Å². The van der Waals surface area contributed by atoms with E-state index in [1.165, 1.54) is 24.0 Å². The summed E-state index contributed by atoms with van der Waals surface area (Å²) in [7, 11) is 1.92. The number of carboxylic acid groups (broad SMARTS) is 1. The predicted molar refractivity (Wildman–Crippen MR) is 64.0 cm³/mol. The Morgan fingerprint density at radius 1 is 1.59 bits per heavy atom. The second kappa shape index (κ2) is 5.01. The van der Waals surface area contributed by atoms with Crippen molar-refractivity contribution in [2.45, 2.75) is 10.8 Å². The van der Waals surface area contributed by atoms with Crippen molar-refractivity contribution in [1.82, 2.24) is 14.5 Å². The van der Waals surface area contributed by atoms with E-state index in [0.29, 0.717) is 10.8 Å². The average Bonchev–Trinajstić information content (AvgIpc) is 2.72. The zero-order chi connectivity index (χ0) is 12.3. The van der Waals surface area contributed by atoms with E-state index in [2.05, 4.69) is 9.97 Å². The first-order valence-electron chi connectivity index (χ1n) is 4.94. The Kier molecular flexibility index (Phi) is 3.43. The molecule has 2 rings (SSSR count). The number of hydrogen-bond donors (Lipinski definition) is 1. The maximum atomic E-state index is 10.8. The number of aryl methyl sites for hydroxylation is 1. The lowest BCUT2D eigenvalue weighted by molar-refractivity contribution is 0.0696. The lowest BCUT2D eigenvalue weighted by atomic mass is 10.3. The van der Waals surface area contributed by atoms with Gasteiger partial charge in [-0.2, -0.15) is 0 Å². The summed E-state index contributed by atoms with van der Waals surface area (Å²) in [6.07, 6.45) is 5.03. The zero-order valence-electron chi connectivity index (χ0n) is 9.20. The van der Waals surface area contributed by atoms with Gasteiger partial charge in [-0.05, 0) is 12.1 Å². The van der Waals surface area contributed by atoms with Gasteiger partial charge >= 0.3 is 5.97 Å². The second-order valence-corrected chi connectivity index (χ2v) is 4.47. The molecule has 0 bridgehead atoms. The highest BCUT2D eigenvalue weighted by Crippen LogP contribution is 2.20. The van der Waals surface area contributed by atoms with Gasteiger partial charge in [-0.25, -0.2) is 14.8 Å². The van der Waals surface area contributed by atoms with Gasteiger partial charge in [0.2, 0.25) is 0 Å². The molecule has 0 aliphatic heterocycles. The Balaban J connectivity index is 2.07. The van der Waals surface area contributed by atoms with Crippen LogP contribution in [0.4, 0.5) is 0 Å². The minimum atomic E-state index is -0.935. The molecule has 1 N–H and O–H groups in total. The van der Waals surface area contributed by atoms with Crippen molar-refractivity contribution in [3.63, 3.8) is 0 Å². The molecule has 0 saturated carbocycles. The lowest BCUT2D eigenvalue weighted by Gasteiger charge is -2.02. The summed E-state index contributed by atoms with van der Waals surface area (Å²) in [5.41, 5.74) is 1.32. The van der Waals surface area contributed by atoms with Crippen LogP contribution in [0, 0.1) is 0 Å². The quantitative estimate of drug-likeness (QED) is 0.837. The monoisotopic (exact) mass is 249 g/mol. The number of carbonyl (C=O) groups is 1. The van der Waals surface area contributed by atoms with E-state index in [4.69, 9.17) is 5.11 Å². The van der Waals surface area contributed by atoms with Crippen molar-refractivity contribution in [3.8, 4) is 0 Å². The molecular formula is C11H11N3O2S. The normalized spacial score (nSPS) is 10.4. The van der Waals surface area contributed by atoms with Crippen molar-refractivity contribution in [1.29, 1.82) is 0 Å². The van der Waals surface area contributed by atoms with Crippen molar-refractivity contribution >= 4 is 17.7 Å². The zero-order valence-corrected chi connectivity index (χ0v) is 10.0. The van der Waals surface area contributed by atoms with Crippen LogP contribution in [-0.4, -0.2) is 25.6 Å². The van der Waals surface area contributed by atoms with Crippen LogP contribution in [0.1, 0.15) is 16.1 Å². The summed E-state index contributed by atoms with van der Waals surface area (Å²) in [6.45, 7) is 0. The Bertz CT molecular complexity index is 539. The van der Waals surface area contributed by atoms with Crippen molar-refractivity contribution in [2.24, 2.45) is 7.05 Å². The Morgan fingerprint density at radius 3 is 3.06 bits per heavy atom. The summed E-state index contributed by atoms with van der Waals surface area (Å²) >= 11 is 1.49. The van der Waals surface area contributed by atoms with E-state index in [-0.39, 0.29) is 5.56 Å². The van der Waals surface area contributed by atoms with E-state index in [9.17, 15) is 4.79 Å². The fourth-order valence-electron chi connectivity index (χ4n) is 1.29. The second-order valence-electron chi connectivity index (χ2n) is 3.47. The molecule has 2 aromatic heterocycles. The van der Waals surface area contributed by atoms with Crippen LogP contribution in [0.3, 0.4) is 0 Å². The summed E-state index contributed by atoms with van der Waals surface area (Å²) in [4.78, 5) is 18.9. The lowest BCUT2D eigenvalue weighted by Crippen LogP contribution is -1.97. The van der Waals surface area contributed by atoms with E-state index in [1.807, 2.05) is 11.6 Å². The third-order valence-corrected chi connectivity index (χ3v) is 3.23. The van der Waals surface area contributed by atoms with Gasteiger partial charge in [0.05, 0.1) is 16.9 Å². The van der Waals surface area contributed by atoms with Gasteiger partial charge < -0.3 is 9.67 Å². The molecule has 0 atom stereocenters. The molecule has 0 saturated heterocycles. The third-order valence-electron chi connectivity index (χ3n) is 2.27. The topological polar surface area (TPSA) is 68.0 Å². The molecular weight excluding hydrogens is 238 g/mol. The van der Waals surface area contributed by atoms with Crippen LogP contribution < -0.4 is 0 Å². The van der Waals surface area contributed by atoms with Crippen LogP contribution >= 0.6 is 11.8 Å². The first-order chi connectivity index (χ1) is 8.16. The van der Waals surface area contributed by atoms with Crippen LogP contribution in [0.15, 0.2) is 35.9 Å². The molecule has 0 radical (unpaired) electrons. The molecule has 0 unspecified atom stereocenters. The van der Waals surface area contributed by atoms with Crippen molar-refractivity contribution in [2.75, 3.05) is 0 Å². The summed E-state index contributed by atoms with van der Waals surface area (Å²) in [6, 6.07) is 3.06. The molecule has 88 valence electrons. The third kappa shape index (κ3) is 2.85. The summed E-state index contributed by atoms with van der Waals surface area (Å²) in [5, 5.41) is 9.55. The highest BCUT2D eigenvalue weighted by atomic mass is 32.2. The smallest absolute Gasteiger partial charge is 0.335 e. The van der Waals surface area contributed by atoms with Gasteiger partial charge in [-0.1, -0.05) is 0 Å². The van der Waals surface area contributed by atoms with Gasteiger partial charge in [0, 0.05) is 30.9 Å². The molecule has 0 aliphatic rings. The van der Waals surface area contributed by atoms with E-state index >= 15 is 0 Å². The van der Waals surface area contributed by atoms with Crippen LogP contribution in [0.5, 0.6) is 0 Å². The highest BCUT2D eigenvalue weighted by Gasteiger charge is 2.05. The molecule has 0 aromatic carbocycles. The average molecular weight is 249 g/mol. The first kappa shape index (κ1) is 11.7. The number of aromatic carboxylic acids is 1. The molecule has 17 heavy (non-hydrogen) atoms. The molecule has 2 aromatic rings. The van der Waals surface area contributed by atoms with Crippen LogP contribution in [0.2, 0.25) is 0 Å². The number of thioether (sulfide) groups is 1. The fraction of sp³-hybridized carbons (Fsp3) is 0.182. The van der Waals surface area contributed by atoms with Gasteiger partial charge in [0.1, 0.15) is 0 Å². The van der Waals surface area contributed by atoms with Gasteiger partial charge in [0.25, 0.3) is 0 Å². The maximum Gasteiger partial charge on any atom is 0.335 e. The number of nitrogens with zero attached hydrogens (tertiary/aromatic N) is 3. The first-order valence-corrected chi connectivity index (χ1v) is 5.92. The van der Waals surface area contributed by atoms with Gasteiger partial charge in [0.15, 0.2) is 0 Å². The predicted octanol–water partition coefficient (Wildman–Crippen LogP) is 1.81. The fourth-order valence-corrected chi connectivity index (χ4v) is 2.21. The van der Waals surface area contributed by atoms with E-state index in [1.54, 1.807) is 18.6 Å². The number of carboxylic acids is 1. The van der Waals surface area contributed by atoms with E-state index in [0.717, 1.165) is 5.69 Å². The molecule has 0 aliphatic carbocycles. The highest BCUT2D eigenvalue weighted by molar-refractivity contribution is 7.98. The largest absolute Gasteiger partial charge is 0.478 e. The number of rotatable bonds is 4. The molecule has 6 heteroatoms. The van der Waals surface area contributed by atoms with Crippen LogP contribution in [-0.2, 0) is 12.8 Å². The van der Waals surface area contributed by atoms with Crippen molar-refractivity contribution in [3.05, 3.63) is 42.1 Å². The summed E-state index contributed by atoms with van der Waals surface area (Å²) in [5.74, 6) is -0.221.